The molecule has 0 bridgehead atoms. The van der Waals surface area contributed by atoms with Gasteiger partial charge < -0.3 is 34.1 Å². The van der Waals surface area contributed by atoms with Gasteiger partial charge in [-0.05, 0) is 236 Å². The zero-order chi connectivity index (χ0) is 97.1. The Labute approximate surface area is 841 Å². The molecule has 2 N–H and O–H groups in total. The molecule has 0 aromatic carbocycles. The summed E-state index contributed by atoms with van der Waals surface area (Å²) in [5.74, 6) is 3.03. The second-order valence-corrected chi connectivity index (χ2v) is 45.0. The number of unbranched alkanes of at least 4 members (excludes halogenated alkanes) is 52. The average molecular weight is 1910 g/mol. The molecule has 0 aromatic heterocycles. The Bertz CT molecular complexity index is 2410. The van der Waals surface area contributed by atoms with Crippen LogP contribution in [0, 0.1) is 29.6 Å². The van der Waals surface area contributed by atoms with E-state index < -0.39 is 0 Å². The Morgan fingerprint density at radius 2 is 0.467 bits per heavy atom. The second-order valence-electron chi connectivity index (χ2n) is 45.0. The van der Waals surface area contributed by atoms with Crippen LogP contribution in [0.5, 0.6) is 0 Å². The van der Waals surface area contributed by atoms with Crippen molar-refractivity contribution in [1.29, 1.82) is 0 Å². The molecule has 0 heterocycles. The highest BCUT2D eigenvalue weighted by Crippen LogP contribution is 2.37. The lowest BCUT2D eigenvalue weighted by Crippen LogP contribution is -2.50. The van der Waals surface area contributed by atoms with Crippen LogP contribution >= 0.6 is 0 Å². The molecule has 135 heavy (non-hydrogen) atoms. The minimum absolute atomic E-state index is 0.00361. The van der Waals surface area contributed by atoms with E-state index in [1.165, 1.54) is 430 Å². The maximum Gasteiger partial charge on any atom is 0.305 e. The predicted molar refractivity (Wildman–Crippen MR) is 583 cm³/mol. The molecular formula is C122H238N4O9. The van der Waals surface area contributed by atoms with Crippen molar-refractivity contribution >= 4 is 17.9 Å². The van der Waals surface area contributed by atoms with Crippen LogP contribution in [-0.2, 0) is 33.3 Å². The van der Waals surface area contributed by atoms with E-state index in [1.807, 2.05) is 0 Å². The Kier molecular flexibility index (Phi) is 90.2. The van der Waals surface area contributed by atoms with Crippen LogP contribution < -0.4 is 0 Å². The average Bonchev–Trinajstić information content (AvgIpc) is 0.826. The van der Waals surface area contributed by atoms with E-state index in [1.54, 1.807) is 0 Å². The summed E-state index contributed by atoms with van der Waals surface area (Å²) in [5, 5.41) is 21.6. The van der Waals surface area contributed by atoms with Crippen molar-refractivity contribution in [2.75, 3.05) is 91.9 Å². The van der Waals surface area contributed by atoms with E-state index >= 15 is 0 Å². The van der Waals surface area contributed by atoms with Crippen LogP contribution in [0.15, 0.2) is 0 Å². The number of hydrogen-bond acceptors (Lipinski definition) is 13. The smallest absolute Gasteiger partial charge is 0.305 e. The first-order chi connectivity index (χ1) is 66.4. The lowest BCUT2D eigenvalue weighted by molar-refractivity contribution is -0.146. The van der Waals surface area contributed by atoms with Crippen LogP contribution in [0.3, 0.4) is 0 Å². The summed E-state index contributed by atoms with van der Waals surface area (Å²) < 4.78 is 25.0. The van der Waals surface area contributed by atoms with Crippen molar-refractivity contribution in [1.82, 2.24) is 19.6 Å². The number of aliphatic hydroxyl groups excluding tert-OH is 2. The molecule has 0 atom stereocenters. The van der Waals surface area contributed by atoms with E-state index in [2.05, 4.69) is 75.0 Å². The van der Waals surface area contributed by atoms with Crippen molar-refractivity contribution < 1.29 is 43.5 Å². The van der Waals surface area contributed by atoms with Crippen molar-refractivity contribution in [2.45, 2.75) is 644 Å². The van der Waals surface area contributed by atoms with Crippen LogP contribution in [0.1, 0.15) is 614 Å². The van der Waals surface area contributed by atoms with Gasteiger partial charge in [0.15, 0.2) is 0 Å². The summed E-state index contributed by atoms with van der Waals surface area (Å²) in [6.45, 7) is 31.9. The lowest BCUT2D eigenvalue weighted by Gasteiger charge is -2.45. The normalized spacial score (nSPS) is 17.2. The van der Waals surface area contributed by atoms with Gasteiger partial charge in [0.25, 0.3) is 0 Å². The Morgan fingerprint density at radius 3 is 0.763 bits per heavy atom. The molecule has 0 unspecified atom stereocenters. The molecule has 0 amide bonds. The summed E-state index contributed by atoms with van der Waals surface area (Å²) in [4.78, 5) is 51.8. The third kappa shape index (κ3) is 76.4. The van der Waals surface area contributed by atoms with Crippen molar-refractivity contribution in [2.24, 2.45) is 29.6 Å². The zero-order valence-corrected chi connectivity index (χ0v) is 92.2. The van der Waals surface area contributed by atoms with E-state index in [0.717, 1.165) is 193 Å². The van der Waals surface area contributed by atoms with E-state index in [0.29, 0.717) is 75.0 Å². The van der Waals surface area contributed by atoms with Crippen molar-refractivity contribution in [3.8, 4) is 0 Å². The number of esters is 3. The van der Waals surface area contributed by atoms with Gasteiger partial charge in [0.1, 0.15) is 0 Å². The van der Waals surface area contributed by atoms with E-state index in [4.69, 9.17) is 18.9 Å². The highest BCUT2D eigenvalue weighted by molar-refractivity contribution is 5.70. The fourth-order valence-corrected chi connectivity index (χ4v) is 22.7. The molecule has 0 spiro atoms. The number of carbonyl (C=O) groups is 3. The van der Waals surface area contributed by atoms with Crippen molar-refractivity contribution in [3.63, 3.8) is 0 Å². The zero-order valence-electron chi connectivity index (χ0n) is 92.2. The van der Waals surface area contributed by atoms with Crippen LogP contribution in [0.25, 0.3) is 0 Å². The number of carbonyl (C=O) groups excluding carboxylic acids is 3. The van der Waals surface area contributed by atoms with Gasteiger partial charge in [-0.2, -0.15) is 0 Å². The fraction of sp³-hybridized carbons (Fsp3) is 0.975. The first-order valence-electron chi connectivity index (χ1n) is 61.7. The largest absolute Gasteiger partial charge is 0.465 e. The number of rotatable bonds is 105. The molecule has 0 saturated heterocycles. The summed E-state index contributed by atoms with van der Waals surface area (Å²) in [7, 11) is 0. The Morgan fingerprint density at radius 1 is 0.237 bits per heavy atom. The van der Waals surface area contributed by atoms with Gasteiger partial charge >= 0.3 is 17.9 Å². The minimum Gasteiger partial charge on any atom is -0.465 e. The highest BCUT2D eigenvalue weighted by Gasteiger charge is 2.35. The fourth-order valence-electron chi connectivity index (χ4n) is 22.7. The highest BCUT2D eigenvalue weighted by atomic mass is 16.5. The molecule has 13 nitrogen and oxygen atoms in total. The molecule has 0 aliphatic heterocycles. The molecular weight excluding hydrogens is 1670 g/mol. The van der Waals surface area contributed by atoms with Crippen LogP contribution in [0.2, 0.25) is 0 Å². The first-order valence-corrected chi connectivity index (χ1v) is 61.7. The van der Waals surface area contributed by atoms with Gasteiger partial charge in [-0.3, -0.25) is 29.1 Å². The topological polar surface area (TPSA) is 142 Å². The summed E-state index contributed by atoms with van der Waals surface area (Å²) in [6, 6.07) is 1.66. The third-order valence-corrected chi connectivity index (χ3v) is 32.3. The third-order valence-electron chi connectivity index (χ3n) is 32.3. The Hall–Kier alpha value is -1.87. The first kappa shape index (κ1) is 127. The quantitative estimate of drug-likeness (QED) is 0.0339. The number of aliphatic hydroxyl groups is 2. The number of nitrogens with zero attached hydrogens (tertiary/aromatic N) is 4. The van der Waals surface area contributed by atoms with Gasteiger partial charge in [0.2, 0.25) is 0 Å². The molecule has 3 aliphatic carbocycles. The summed E-state index contributed by atoms with van der Waals surface area (Å²) >= 11 is 0. The molecule has 0 radical (unpaired) electrons. The summed E-state index contributed by atoms with van der Waals surface area (Å²) in [5.41, 5.74) is 0. The molecule has 3 aliphatic rings. The Balaban J connectivity index is 1.72. The molecule has 3 saturated carbocycles. The molecule has 800 valence electrons. The van der Waals surface area contributed by atoms with Crippen LogP contribution in [-0.4, -0.2) is 170 Å². The lowest BCUT2D eigenvalue weighted by atomic mass is 9.76. The van der Waals surface area contributed by atoms with Gasteiger partial charge in [0, 0.05) is 76.8 Å². The molecule has 0 aromatic rings. The standard InChI is InChI=1S/C122H238N4O9/c1-9-17-25-33-41-56-74-110(75-57-42-34-26-18-10-2)106-132-103-73-52-51-70-96-124(115-86-90-118(127)91-87-115)100-99-123(95-69-53-65-83-120(129)133-107-111(76-58-43-35-27-19-11-3)77-59-44-36-28-20-12-4)94-68-50-49-64-82-114-104-117(105-114)126(98-72-55-67-85-122(131)135-109-113(80-62-47-39-31-23-15-7)81-63-48-40-32-24-16-8)102-101-125(116-88-92-119(128)93-89-116)97-71-54-66-84-121(130)134-108-112(78-60-45-37-29-21-13-5)79-61-46-38-30-22-14-6/h110-119,127-128H,9-109H2,1-8H3. The monoisotopic (exact) mass is 1900 g/mol. The van der Waals surface area contributed by atoms with Crippen LogP contribution in [0.4, 0.5) is 0 Å². The summed E-state index contributed by atoms with van der Waals surface area (Å²) in [6.07, 6.45) is 106. The van der Waals surface area contributed by atoms with Gasteiger partial charge in [-0.15, -0.1) is 0 Å². The predicted octanol–water partition coefficient (Wildman–Crippen LogP) is 34.9. The van der Waals surface area contributed by atoms with Gasteiger partial charge in [-0.25, -0.2) is 0 Å². The van der Waals surface area contributed by atoms with E-state index in [9.17, 15) is 24.6 Å². The molecule has 3 rings (SSSR count). The van der Waals surface area contributed by atoms with E-state index in [-0.39, 0.29) is 30.1 Å². The maximum absolute atomic E-state index is 13.5. The maximum atomic E-state index is 13.5. The number of ether oxygens (including phenoxy) is 4. The van der Waals surface area contributed by atoms with Crippen molar-refractivity contribution in [3.05, 3.63) is 0 Å². The number of hydrogen-bond donors (Lipinski definition) is 2. The minimum atomic E-state index is -0.181. The van der Waals surface area contributed by atoms with Gasteiger partial charge in [-0.1, -0.05) is 421 Å². The SMILES string of the molecule is CCCCCCCCC(CCCCCCCC)COCCCCCCN(CCN(CCCCCCC1CC(N(CCCCCC(=O)OCC(CCCCCCCC)CCCCCCCC)CCN(CCCCCC(=O)OCC(CCCCCCCC)CCCCCCCC)C2CCC(O)CC2)C1)CCCCCC(=O)OCC(CCCCCCCC)CCCCCCCC)C1CCC(O)CC1. The van der Waals surface area contributed by atoms with Gasteiger partial charge in [0.05, 0.1) is 32.0 Å². The molecule has 3 fully saturated rings. The second kappa shape index (κ2) is 95.6. The molecule has 13 heteroatoms.